The second kappa shape index (κ2) is 4.61. The Morgan fingerprint density at radius 2 is 1.00 bits per heavy atom. The minimum absolute atomic E-state index is 1.08. The van der Waals surface area contributed by atoms with Crippen LogP contribution in [0, 0.1) is 0 Å². The molecule has 0 aliphatic rings. The normalized spacial score (nSPS) is 9.86. The molecule has 0 saturated heterocycles. The molecule has 0 aliphatic carbocycles. The van der Waals surface area contributed by atoms with Crippen LogP contribution in [0.5, 0.6) is 0 Å². The van der Waals surface area contributed by atoms with Gasteiger partial charge in [0.1, 0.15) is 0 Å². The van der Waals surface area contributed by atoms with Crippen molar-refractivity contribution in [3.63, 3.8) is 0 Å². The van der Waals surface area contributed by atoms with Gasteiger partial charge in [-0.2, -0.15) is 0 Å². The Bertz CT molecular complexity index is 376. The number of hydrogen-bond acceptors (Lipinski definition) is 0. The van der Waals surface area contributed by atoms with Crippen LogP contribution in [0.4, 0.5) is 0 Å². The van der Waals surface area contributed by atoms with Gasteiger partial charge in [-0.1, -0.05) is 0 Å². The van der Waals surface area contributed by atoms with Crippen molar-refractivity contribution in [1.82, 2.24) is 0 Å². The first-order chi connectivity index (χ1) is 6.88. The summed E-state index contributed by atoms with van der Waals surface area (Å²) in [5, 5.41) is 0. The molecule has 0 fully saturated rings. The van der Waals surface area contributed by atoms with E-state index < -0.39 is 0 Å². The van der Waals surface area contributed by atoms with Gasteiger partial charge in [0.25, 0.3) is 0 Å². The van der Waals surface area contributed by atoms with Crippen LogP contribution in [0.1, 0.15) is 11.1 Å². The summed E-state index contributed by atoms with van der Waals surface area (Å²) < 4.78 is 1.46. The average molecular weight is 345 g/mol. The van der Waals surface area contributed by atoms with E-state index in [0.29, 0.717) is 0 Å². The molecule has 2 aromatic carbocycles. The molecule has 64 valence electrons. The second-order valence-electron chi connectivity index (χ2n) is 3.11. The predicted octanol–water partition coefficient (Wildman–Crippen LogP) is 2.80. The predicted molar refractivity (Wildman–Crippen MR) is 56.1 cm³/mol. The zero-order valence-electron chi connectivity index (χ0n) is 7.77. The number of benzene rings is 2. The Balaban J connectivity index is 2.35. The van der Waals surface area contributed by atoms with Crippen molar-refractivity contribution in [1.29, 1.82) is 0 Å². The average Bonchev–Trinajstić information content (AvgIpc) is 2.30. The van der Waals surface area contributed by atoms with E-state index in [1.165, 1.54) is 14.4 Å². The molecule has 0 heterocycles. The molecule has 0 saturated carbocycles. The fraction of sp³-hybridized carbons (Fsp3) is 0. The summed E-state index contributed by atoms with van der Waals surface area (Å²) in [5.41, 5.74) is 2.70. The van der Waals surface area contributed by atoms with Crippen molar-refractivity contribution in [2.24, 2.45) is 0 Å². The molecule has 0 nitrogen and oxygen atoms in total. The molecule has 0 amide bonds. The van der Waals surface area contributed by atoms with E-state index in [1.54, 1.807) is 0 Å². The van der Waals surface area contributed by atoms with Crippen molar-refractivity contribution in [2.75, 3.05) is 0 Å². The zero-order valence-corrected chi connectivity index (χ0v) is 11.4. The van der Waals surface area contributed by atoms with Gasteiger partial charge in [-0.05, 0) is 0 Å². The van der Waals surface area contributed by atoms with Crippen molar-refractivity contribution in [3.05, 3.63) is 71.8 Å². The monoisotopic (exact) mass is 346 g/mol. The third-order valence-corrected chi connectivity index (χ3v) is 4.20. The van der Waals surface area contributed by atoms with Crippen LogP contribution < -0.4 is 0 Å². The van der Waals surface area contributed by atoms with E-state index in [4.69, 9.17) is 0 Å². The van der Waals surface area contributed by atoms with E-state index in [1.807, 2.05) is 0 Å². The summed E-state index contributed by atoms with van der Waals surface area (Å²) in [6.45, 7) is 0. The Kier molecular flexibility index (Phi) is 3.20. The quantitative estimate of drug-likeness (QED) is 0.735. The van der Waals surface area contributed by atoms with Gasteiger partial charge >= 0.3 is 98.9 Å². The molecule has 2 aromatic rings. The first-order valence-electron chi connectivity index (χ1n) is 4.57. The SMILES string of the molecule is [Hf+2]=[C](c1ccccc1)c1ccccc1. The Morgan fingerprint density at radius 1 is 0.643 bits per heavy atom. The Labute approximate surface area is 98.6 Å². The third kappa shape index (κ3) is 2.16. The van der Waals surface area contributed by atoms with Gasteiger partial charge in [0, 0.05) is 0 Å². The summed E-state index contributed by atoms with van der Waals surface area (Å²) in [4.78, 5) is 0. The molecule has 1 heteroatoms. The van der Waals surface area contributed by atoms with E-state index in [0.717, 1.165) is 23.9 Å². The summed E-state index contributed by atoms with van der Waals surface area (Å²) in [6.07, 6.45) is 0. The molecule has 0 unspecified atom stereocenters. The standard InChI is InChI=1S/C13H10.Hf/c1-3-7-12(8-4-1)11-13-9-5-2-6-10-13;/h1-10H;/q;+2. The number of rotatable bonds is 2. The van der Waals surface area contributed by atoms with Crippen LogP contribution in [0.25, 0.3) is 0 Å². The van der Waals surface area contributed by atoms with Crippen LogP contribution in [0.3, 0.4) is 0 Å². The van der Waals surface area contributed by atoms with E-state index in [2.05, 4.69) is 60.7 Å². The zero-order chi connectivity index (χ0) is 9.80. The summed E-state index contributed by atoms with van der Waals surface area (Å²) in [5.74, 6) is 0. The summed E-state index contributed by atoms with van der Waals surface area (Å²) in [6, 6.07) is 21.2. The molecule has 0 aliphatic heterocycles. The van der Waals surface area contributed by atoms with Gasteiger partial charge in [0.15, 0.2) is 0 Å². The molecule has 0 spiro atoms. The fourth-order valence-electron chi connectivity index (χ4n) is 1.38. The maximum atomic E-state index is 2.18. The van der Waals surface area contributed by atoms with Gasteiger partial charge in [-0.15, -0.1) is 0 Å². The van der Waals surface area contributed by atoms with Gasteiger partial charge in [-0.25, -0.2) is 0 Å². The van der Waals surface area contributed by atoms with E-state index in [-0.39, 0.29) is 0 Å². The molecular formula is C13H10Hf+2. The van der Waals surface area contributed by atoms with Crippen molar-refractivity contribution in [3.8, 4) is 0 Å². The van der Waals surface area contributed by atoms with Crippen molar-refractivity contribution in [2.45, 2.75) is 0 Å². The van der Waals surface area contributed by atoms with Crippen molar-refractivity contribution < 1.29 is 23.9 Å². The van der Waals surface area contributed by atoms with Gasteiger partial charge in [0.05, 0.1) is 0 Å². The maximum absolute atomic E-state index is 2.18. The molecule has 2 rings (SSSR count). The van der Waals surface area contributed by atoms with Crippen LogP contribution in [-0.4, -0.2) is 3.26 Å². The summed E-state index contributed by atoms with van der Waals surface area (Å²) >= 11 is 1.08. The van der Waals surface area contributed by atoms with E-state index >= 15 is 0 Å². The first kappa shape index (κ1) is 9.72. The van der Waals surface area contributed by atoms with Crippen LogP contribution in [-0.2, 0) is 23.9 Å². The van der Waals surface area contributed by atoms with Crippen molar-refractivity contribution >= 4 is 3.26 Å². The van der Waals surface area contributed by atoms with Gasteiger partial charge in [0.2, 0.25) is 0 Å². The van der Waals surface area contributed by atoms with E-state index in [9.17, 15) is 0 Å². The second-order valence-corrected chi connectivity index (χ2v) is 4.90. The number of hydrogen-bond donors (Lipinski definition) is 0. The molecule has 0 bridgehead atoms. The minimum atomic E-state index is 1.08. The molecular weight excluding hydrogens is 335 g/mol. The molecule has 14 heavy (non-hydrogen) atoms. The third-order valence-electron chi connectivity index (χ3n) is 2.12. The molecule has 0 N–H and O–H groups in total. The van der Waals surface area contributed by atoms with Crippen LogP contribution >= 0.6 is 0 Å². The molecule has 0 radical (unpaired) electrons. The summed E-state index contributed by atoms with van der Waals surface area (Å²) in [7, 11) is 0. The fourth-order valence-corrected chi connectivity index (χ4v) is 2.57. The van der Waals surface area contributed by atoms with Gasteiger partial charge < -0.3 is 0 Å². The van der Waals surface area contributed by atoms with Gasteiger partial charge in [-0.3, -0.25) is 0 Å². The van der Waals surface area contributed by atoms with Crippen LogP contribution in [0.2, 0.25) is 0 Å². The van der Waals surface area contributed by atoms with Crippen LogP contribution in [0.15, 0.2) is 60.7 Å². The topological polar surface area (TPSA) is 0 Å². The Morgan fingerprint density at radius 3 is 1.36 bits per heavy atom. The molecule has 0 atom stereocenters. The first-order valence-corrected chi connectivity index (χ1v) is 6.37. The molecule has 0 aromatic heterocycles. The Hall–Kier alpha value is -0.820.